The normalized spacial score (nSPS) is 10.4. The van der Waals surface area contributed by atoms with Crippen LogP contribution in [0.1, 0.15) is 42.1 Å². The van der Waals surface area contributed by atoms with Crippen LogP contribution >= 0.6 is 0 Å². The minimum Gasteiger partial charge on any atom is -0.439 e. The molecule has 0 fully saturated rings. The van der Waals surface area contributed by atoms with E-state index in [4.69, 9.17) is 10.00 Å². The Hall–Kier alpha value is -2.34. The van der Waals surface area contributed by atoms with E-state index in [1.54, 1.807) is 12.1 Å². The summed E-state index contributed by atoms with van der Waals surface area (Å²) < 4.78 is 5.86. The maximum absolute atomic E-state index is 8.99. The first-order valence-corrected chi connectivity index (χ1v) is 6.67. The SMILES string of the molecule is Cc1cc(C#N)cc(Oc2cc(C(C)C)ccc2C)n1. The molecule has 0 unspecified atom stereocenters. The Morgan fingerprint density at radius 3 is 2.55 bits per heavy atom. The van der Waals surface area contributed by atoms with Gasteiger partial charge in [0.05, 0.1) is 11.6 Å². The lowest BCUT2D eigenvalue weighted by molar-refractivity contribution is 0.457. The van der Waals surface area contributed by atoms with Crippen LogP contribution in [0, 0.1) is 25.2 Å². The minimum atomic E-state index is 0.443. The first kappa shape index (κ1) is 14.1. The highest BCUT2D eigenvalue weighted by Crippen LogP contribution is 2.28. The summed E-state index contributed by atoms with van der Waals surface area (Å²) in [4.78, 5) is 4.32. The summed E-state index contributed by atoms with van der Waals surface area (Å²) >= 11 is 0. The largest absolute Gasteiger partial charge is 0.439 e. The predicted molar refractivity (Wildman–Crippen MR) is 79.0 cm³/mol. The monoisotopic (exact) mass is 266 g/mol. The fraction of sp³-hybridized carbons (Fsp3) is 0.294. The molecule has 2 rings (SSSR count). The number of nitrogens with zero attached hydrogens (tertiary/aromatic N) is 2. The number of hydrogen-bond acceptors (Lipinski definition) is 3. The van der Waals surface area contributed by atoms with Gasteiger partial charge in [-0.15, -0.1) is 0 Å². The molecular weight excluding hydrogens is 248 g/mol. The zero-order valence-corrected chi connectivity index (χ0v) is 12.3. The van der Waals surface area contributed by atoms with Gasteiger partial charge >= 0.3 is 0 Å². The third-order valence-electron chi connectivity index (χ3n) is 3.15. The molecule has 0 bridgehead atoms. The van der Waals surface area contributed by atoms with Crippen molar-refractivity contribution in [2.24, 2.45) is 0 Å². The van der Waals surface area contributed by atoms with E-state index in [-0.39, 0.29) is 0 Å². The standard InChI is InChI=1S/C17H18N2O/c1-11(2)15-6-5-12(3)16(9-15)20-17-8-14(10-18)7-13(4)19-17/h5-9,11H,1-4H3. The Bertz CT molecular complexity index is 669. The van der Waals surface area contributed by atoms with Crippen molar-refractivity contribution in [3.8, 4) is 17.7 Å². The maximum Gasteiger partial charge on any atom is 0.220 e. The van der Waals surface area contributed by atoms with Crippen molar-refractivity contribution in [2.45, 2.75) is 33.6 Å². The first-order chi connectivity index (χ1) is 9.49. The first-order valence-electron chi connectivity index (χ1n) is 6.67. The van der Waals surface area contributed by atoms with Crippen molar-refractivity contribution in [1.82, 2.24) is 4.98 Å². The number of rotatable bonds is 3. The van der Waals surface area contributed by atoms with Crippen molar-refractivity contribution in [3.63, 3.8) is 0 Å². The number of aromatic nitrogens is 1. The Morgan fingerprint density at radius 1 is 1.15 bits per heavy atom. The lowest BCUT2D eigenvalue weighted by Gasteiger charge is -2.12. The van der Waals surface area contributed by atoms with Gasteiger partial charge in [0, 0.05) is 11.8 Å². The third kappa shape index (κ3) is 3.16. The summed E-state index contributed by atoms with van der Waals surface area (Å²) in [5.41, 5.74) is 3.61. The quantitative estimate of drug-likeness (QED) is 0.822. The number of nitriles is 1. The Labute approximate surface area is 119 Å². The zero-order valence-electron chi connectivity index (χ0n) is 12.3. The molecule has 0 aliphatic rings. The van der Waals surface area contributed by atoms with Crippen LogP contribution < -0.4 is 4.74 Å². The Kier molecular flexibility index (Phi) is 4.05. The van der Waals surface area contributed by atoms with Crippen LogP contribution in [-0.4, -0.2) is 4.98 Å². The molecule has 0 aliphatic heterocycles. The molecule has 0 aliphatic carbocycles. The molecule has 3 heteroatoms. The number of benzene rings is 1. The molecular formula is C17H18N2O. The summed E-state index contributed by atoms with van der Waals surface area (Å²) in [5.74, 6) is 1.70. The van der Waals surface area contributed by atoms with Gasteiger partial charge in [-0.3, -0.25) is 0 Å². The average Bonchev–Trinajstić information content (AvgIpc) is 2.40. The lowest BCUT2D eigenvalue weighted by atomic mass is 10.0. The highest BCUT2D eigenvalue weighted by Gasteiger charge is 2.08. The van der Waals surface area contributed by atoms with Crippen molar-refractivity contribution in [2.75, 3.05) is 0 Å². The number of hydrogen-bond donors (Lipinski definition) is 0. The number of aryl methyl sites for hydroxylation is 2. The van der Waals surface area contributed by atoms with E-state index >= 15 is 0 Å². The molecule has 102 valence electrons. The van der Waals surface area contributed by atoms with Gasteiger partial charge in [0.15, 0.2) is 0 Å². The van der Waals surface area contributed by atoms with E-state index in [1.807, 2.05) is 26.0 Å². The van der Waals surface area contributed by atoms with Gasteiger partial charge in [-0.1, -0.05) is 26.0 Å². The van der Waals surface area contributed by atoms with Crippen LogP contribution in [0.2, 0.25) is 0 Å². The van der Waals surface area contributed by atoms with Crippen molar-refractivity contribution in [3.05, 3.63) is 52.7 Å². The molecule has 1 aromatic carbocycles. The summed E-state index contributed by atoms with van der Waals surface area (Å²) in [6.45, 7) is 8.14. The Balaban J connectivity index is 2.37. The van der Waals surface area contributed by atoms with Gasteiger partial charge in [-0.25, -0.2) is 4.98 Å². The highest BCUT2D eigenvalue weighted by atomic mass is 16.5. The highest BCUT2D eigenvalue weighted by molar-refractivity contribution is 5.41. The van der Waals surface area contributed by atoms with Gasteiger partial charge in [-0.2, -0.15) is 5.26 Å². The molecule has 0 radical (unpaired) electrons. The van der Waals surface area contributed by atoms with E-state index in [0.29, 0.717) is 17.4 Å². The number of ether oxygens (including phenoxy) is 1. The molecule has 0 saturated carbocycles. The molecule has 1 aromatic heterocycles. The smallest absolute Gasteiger partial charge is 0.220 e. The summed E-state index contributed by atoms with van der Waals surface area (Å²) in [5, 5.41) is 8.99. The van der Waals surface area contributed by atoms with E-state index in [2.05, 4.69) is 31.0 Å². The second kappa shape index (κ2) is 5.75. The van der Waals surface area contributed by atoms with E-state index in [9.17, 15) is 0 Å². The fourth-order valence-electron chi connectivity index (χ4n) is 1.95. The van der Waals surface area contributed by atoms with Gasteiger partial charge in [0.2, 0.25) is 5.88 Å². The van der Waals surface area contributed by atoms with Crippen molar-refractivity contribution < 1.29 is 4.74 Å². The predicted octanol–water partition coefficient (Wildman–Crippen LogP) is 4.49. The molecule has 2 aromatic rings. The second-order valence-electron chi connectivity index (χ2n) is 5.23. The van der Waals surface area contributed by atoms with E-state index < -0.39 is 0 Å². The third-order valence-corrected chi connectivity index (χ3v) is 3.15. The topological polar surface area (TPSA) is 45.9 Å². The van der Waals surface area contributed by atoms with Gasteiger partial charge in [-0.05, 0) is 43.0 Å². The van der Waals surface area contributed by atoms with Crippen LogP contribution in [0.5, 0.6) is 11.6 Å². The van der Waals surface area contributed by atoms with Crippen LogP contribution in [-0.2, 0) is 0 Å². The molecule has 20 heavy (non-hydrogen) atoms. The van der Waals surface area contributed by atoms with Gasteiger partial charge in [0.25, 0.3) is 0 Å². The van der Waals surface area contributed by atoms with Gasteiger partial charge in [0.1, 0.15) is 5.75 Å². The second-order valence-corrected chi connectivity index (χ2v) is 5.23. The Morgan fingerprint density at radius 2 is 1.90 bits per heavy atom. The van der Waals surface area contributed by atoms with E-state index in [1.165, 1.54) is 5.56 Å². The minimum absolute atomic E-state index is 0.443. The number of pyridine rings is 1. The average molecular weight is 266 g/mol. The maximum atomic E-state index is 8.99. The van der Waals surface area contributed by atoms with E-state index in [0.717, 1.165) is 17.0 Å². The molecule has 0 N–H and O–H groups in total. The molecule has 0 atom stereocenters. The summed E-state index contributed by atoms with van der Waals surface area (Å²) in [6.07, 6.45) is 0. The van der Waals surface area contributed by atoms with Crippen LogP contribution in [0.25, 0.3) is 0 Å². The molecule has 1 heterocycles. The summed E-state index contributed by atoms with van der Waals surface area (Å²) in [6, 6.07) is 11.7. The zero-order chi connectivity index (χ0) is 14.7. The molecule has 0 amide bonds. The summed E-state index contributed by atoms with van der Waals surface area (Å²) in [7, 11) is 0. The molecule has 3 nitrogen and oxygen atoms in total. The van der Waals surface area contributed by atoms with Crippen molar-refractivity contribution >= 4 is 0 Å². The van der Waals surface area contributed by atoms with Crippen LogP contribution in [0.4, 0.5) is 0 Å². The van der Waals surface area contributed by atoms with Crippen LogP contribution in [0.3, 0.4) is 0 Å². The van der Waals surface area contributed by atoms with Crippen molar-refractivity contribution in [1.29, 1.82) is 5.26 Å². The molecule has 0 spiro atoms. The van der Waals surface area contributed by atoms with Gasteiger partial charge < -0.3 is 4.74 Å². The lowest BCUT2D eigenvalue weighted by Crippen LogP contribution is -1.95. The van der Waals surface area contributed by atoms with Crippen LogP contribution in [0.15, 0.2) is 30.3 Å². The molecule has 0 saturated heterocycles. The fourth-order valence-corrected chi connectivity index (χ4v) is 1.95.